The van der Waals surface area contributed by atoms with Gasteiger partial charge in [-0.25, -0.2) is 23.5 Å². The largest absolute Gasteiger partial charge is 0.366 e. The molecule has 5 N–H and O–H groups in total. The van der Waals surface area contributed by atoms with Gasteiger partial charge in [-0.3, -0.25) is 0 Å². The van der Waals surface area contributed by atoms with Crippen LogP contribution in [-0.2, 0) is 29.0 Å². The Morgan fingerprint density at radius 2 is 1.62 bits per heavy atom. The van der Waals surface area contributed by atoms with Gasteiger partial charge in [0.25, 0.3) is 0 Å². The van der Waals surface area contributed by atoms with E-state index in [1.807, 2.05) is 11.6 Å². The van der Waals surface area contributed by atoms with Crippen molar-refractivity contribution in [2.75, 3.05) is 16.0 Å². The first kappa shape index (κ1) is 30.8. The summed E-state index contributed by atoms with van der Waals surface area (Å²) in [5, 5.41) is 15.1. The summed E-state index contributed by atoms with van der Waals surface area (Å²) in [5.41, 5.74) is 6.40. The van der Waals surface area contributed by atoms with Gasteiger partial charge in [-0.1, -0.05) is 45.0 Å². The number of nitrogens with one attached hydrogen (secondary N) is 3. The van der Waals surface area contributed by atoms with Crippen molar-refractivity contribution >= 4 is 62.6 Å². The predicted octanol–water partition coefficient (Wildman–Crippen LogP) is 6.14. The maximum atomic E-state index is 11.9. The van der Waals surface area contributed by atoms with Crippen molar-refractivity contribution in [2.45, 2.75) is 44.6 Å². The van der Waals surface area contributed by atoms with Crippen LogP contribution in [0.4, 0.5) is 29.1 Å². The summed E-state index contributed by atoms with van der Waals surface area (Å²) in [6.45, 7) is 8.82. The molecule has 10 nitrogen and oxygen atoms in total. The van der Waals surface area contributed by atoms with E-state index < -0.39 is 10.0 Å². The van der Waals surface area contributed by atoms with E-state index in [9.17, 15) is 8.42 Å². The average molecular weight is 607 g/mol. The van der Waals surface area contributed by atoms with Gasteiger partial charge in [0.15, 0.2) is 0 Å². The van der Waals surface area contributed by atoms with Crippen molar-refractivity contribution in [2.24, 2.45) is 12.2 Å². The molecule has 42 heavy (non-hydrogen) atoms. The Kier molecular flexibility index (Phi) is 8.76. The van der Waals surface area contributed by atoms with E-state index in [4.69, 9.17) is 10.1 Å². The Bertz CT molecular complexity index is 1830. The molecule has 2 heterocycles. The van der Waals surface area contributed by atoms with Crippen molar-refractivity contribution in [1.82, 2.24) is 19.5 Å². The van der Waals surface area contributed by atoms with Crippen LogP contribution in [0, 0.1) is 6.92 Å². The van der Waals surface area contributed by atoms with Crippen LogP contribution in [0.2, 0.25) is 0 Å². The first-order chi connectivity index (χ1) is 19.4. The molecule has 0 saturated carbocycles. The number of aryl methyl sites for hydroxylation is 2. The van der Waals surface area contributed by atoms with E-state index in [-0.39, 0.29) is 22.7 Å². The predicted molar refractivity (Wildman–Crippen MR) is 172 cm³/mol. The fraction of sp³-hybridized carbons (Fsp3) is 0.233. The molecule has 0 spiro atoms. The zero-order valence-corrected chi connectivity index (χ0v) is 25.8. The third kappa shape index (κ3) is 6.99. The minimum absolute atomic E-state index is 0. The molecule has 0 aliphatic carbocycles. The number of sulfonamides is 1. The zero-order chi connectivity index (χ0) is 29.4. The second-order valence-corrected chi connectivity index (χ2v) is 12.6. The Labute approximate surface area is 252 Å². The van der Waals surface area contributed by atoms with E-state index in [1.54, 1.807) is 31.3 Å². The van der Waals surface area contributed by atoms with Gasteiger partial charge in [-0.15, -0.1) is 12.4 Å². The summed E-state index contributed by atoms with van der Waals surface area (Å²) in [7, 11) is -1.84. The molecule has 0 saturated heterocycles. The van der Waals surface area contributed by atoms with Crippen molar-refractivity contribution in [3.8, 4) is 0 Å². The number of hydrogen-bond acceptors (Lipinski definition) is 8. The topological polar surface area (TPSA) is 140 Å². The summed E-state index contributed by atoms with van der Waals surface area (Å²) in [6, 6.07) is 21.3. The maximum absolute atomic E-state index is 11.9. The fourth-order valence-electron chi connectivity index (χ4n) is 4.47. The number of anilines is 5. The molecule has 0 unspecified atom stereocenters. The number of imidazole rings is 1. The normalized spacial score (nSPS) is 11.7. The lowest BCUT2D eigenvalue weighted by Gasteiger charge is -2.19. The van der Waals surface area contributed by atoms with Crippen LogP contribution in [0.5, 0.6) is 0 Å². The number of halogens is 1. The van der Waals surface area contributed by atoms with E-state index >= 15 is 0 Å². The third-order valence-electron chi connectivity index (χ3n) is 6.83. The summed E-state index contributed by atoms with van der Waals surface area (Å²) in [4.78, 5) is 13.6. The molecule has 0 aliphatic heterocycles. The Hall–Kier alpha value is -4.19. The lowest BCUT2D eigenvalue weighted by Crippen LogP contribution is -2.14. The highest BCUT2D eigenvalue weighted by molar-refractivity contribution is 7.89. The second-order valence-electron chi connectivity index (χ2n) is 11.0. The molecule has 0 fully saturated rings. The standard InChI is InChI=1S/C30H34N8O2S.ClH/c1-19-6-10-23(17-26(19)41(31,39)40)34-28-32-15-14-27(37-28)33-18-20-7-13-25-24(16-20)36-29(38(25)5)35-22-11-8-21(9-12-22)30(2,3)4;/h6-17H,18H2,1-5H3,(H,35,36)(H2,31,39,40)(H2,32,33,34,37);1H. The second kappa shape index (κ2) is 12.0. The van der Waals surface area contributed by atoms with Crippen LogP contribution < -0.4 is 21.1 Å². The molecule has 2 aromatic heterocycles. The number of hydrogen-bond donors (Lipinski definition) is 4. The van der Waals surface area contributed by atoms with Crippen molar-refractivity contribution < 1.29 is 8.42 Å². The van der Waals surface area contributed by atoms with Gasteiger partial charge in [0.2, 0.25) is 21.9 Å². The number of aromatic nitrogens is 4. The van der Waals surface area contributed by atoms with Gasteiger partial charge >= 0.3 is 0 Å². The molecule has 0 bridgehead atoms. The van der Waals surface area contributed by atoms with Gasteiger partial charge in [-0.05, 0) is 71.5 Å². The first-order valence-corrected chi connectivity index (χ1v) is 14.7. The van der Waals surface area contributed by atoms with Gasteiger partial charge < -0.3 is 20.5 Å². The lowest BCUT2D eigenvalue weighted by atomic mass is 9.87. The van der Waals surface area contributed by atoms with E-state index in [1.165, 1.54) is 11.6 Å². The Morgan fingerprint density at radius 1 is 0.905 bits per heavy atom. The quantitative estimate of drug-likeness (QED) is 0.165. The molecule has 5 aromatic rings. The van der Waals surface area contributed by atoms with Gasteiger partial charge in [-0.2, -0.15) is 4.98 Å². The fourth-order valence-corrected chi connectivity index (χ4v) is 5.28. The Balaban J connectivity index is 0.00000405. The summed E-state index contributed by atoms with van der Waals surface area (Å²) < 4.78 is 25.8. The van der Waals surface area contributed by atoms with Crippen LogP contribution in [0.15, 0.2) is 77.8 Å². The van der Waals surface area contributed by atoms with Crippen LogP contribution in [0.3, 0.4) is 0 Å². The number of nitrogens with zero attached hydrogens (tertiary/aromatic N) is 4. The minimum Gasteiger partial charge on any atom is -0.366 e. The number of rotatable bonds is 8. The monoisotopic (exact) mass is 606 g/mol. The Morgan fingerprint density at radius 3 is 2.31 bits per heavy atom. The third-order valence-corrected chi connectivity index (χ3v) is 7.89. The smallest absolute Gasteiger partial charge is 0.238 e. The van der Waals surface area contributed by atoms with Crippen LogP contribution >= 0.6 is 12.4 Å². The molecular weight excluding hydrogens is 572 g/mol. The lowest BCUT2D eigenvalue weighted by molar-refractivity contribution is 0.590. The van der Waals surface area contributed by atoms with Crippen molar-refractivity contribution in [3.05, 3.63) is 89.6 Å². The van der Waals surface area contributed by atoms with E-state index in [2.05, 4.69) is 89.2 Å². The zero-order valence-electron chi connectivity index (χ0n) is 24.1. The van der Waals surface area contributed by atoms with Crippen LogP contribution in [0.25, 0.3) is 11.0 Å². The van der Waals surface area contributed by atoms with Gasteiger partial charge in [0.1, 0.15) is 5.82 Å². The summed E-state index contributed by atoms with van der Waals surface area (Å²) in [6.07, 6.45) is 1.63. The molecule has 0 atom stereocenters. The van der Waals surface area contributed by atoms with E-state index in [0.29, 0.717) is 29.6 Å². The first-order valence-electron chi connectivity index (χ1n) is 13.2. The van der Waals surface area contributed by atoms with Gasteiger partial charge in [0.05, 0.1) is 15.9 Å². The van der Waals surface area contributed by atoms with Gasteiger partial charge in [0, 0.05) is 31.2 Å². The molecule has 0 amide bonds. The minimum atomic E-state index is -3.84. The van der Waals surface area contributed by atoms with Crippen LogP contribution in [-0.4, -0.2) is 27.9 Å². The van der Waals surface area contributed by atoms with Crippen molar-refractivity contribution in [1.29, 1.82) is 0 Å². The van der Waals surface area contributed by atoms with E-state index in [0.717, 1.165) is 28.2 Å². The maximum Gasteiger partial charge on any atom is 0.238 e. The highest BCUT2D eigenvalue weighted by atomic mass is 35.5. The number of nitrogens with two attached hydrogens (primary N) is 1. The molecule has 12 heteroatoms. The van der Waals surface area contributed by atoms with Crippen LogP contribution in [0.1, 0.15) is 37.5 Å². The molecule has 0 radical (unpaired) electrons. The molecular formula is C30H35ClN8O2S. The SMILES string of the molecule is Cc1ccc(Nc2nccc(NCc3ccc4c(c3)nc(Nc3ccc(C(C)(C)C)cc3)n4C)n2)cc1S(N)(=O)=O.Cl. The number of fused-ring (bicyclic) bond motifs is 1. The summed E-state index contributed by atoms with van der Waals surface area (Å²) in [5.74, 6) is 1.70. The molecule has 0 aliphatic rings. The highest BCUT2D eigenvalue weighted by Crippen LogP contribution is 2.27. The van der Waals surface area contributed by atoms with Crippen molar-refractivity contribution in [3.63, 3.8) is 0 Å². The highest BCUT2D eigenvalue weighted by Gasteiger charge is 2.15. The molecule has 5 rings (SSSR count). The molecule has 220 valence electrons. The number of primary sulfonamides is 1. The average Bonchev–Trinajstić information content (AvgIpc) is 3.22. The summed E-state index contributed by atoms with van der Waals surface area (Å²) >= 11 is 0. The molecule has 3 aromatic carbocycles. The number of benzene rings is 3.